The first-order chi connectivity index (χ1) is 9.43. The molecule has 0 aromatic carbocycles. The molecule has 4 atom stereocenters. The normalized spacial score (nSPS) is 38.9. The van der Waals surface area contributed by atoms with E-state index in [1.807, 2.05) is 0 Å². The topological polar surface area (TPSA) is 15.3 Å². The highest BCUT2D eigenvalue weighted by atomic mass is 15.2. The lowest BCUT2D eigenvalue weighted by molar-refractivity contribution is 0.0123. The third kappa shape index (κ3) is 3.98. The molecule has 1 saturated carbocycles. The first-order valence-electron chi connectivity index (χ1n) is 8.92. The van der Waals surface area contributed by atoms with Gasteiger partial charge in [-0.15, -0.1) is 0 Å². The van der Waals surface area contributed by atoms with Crippen molar-refractivity contribution >= 4 is 0 Å². The molecule has 2 rings (SSSR count). The van der Waals surface area contributed by atoms with Crippen molar-refractivity contribution in [2.24, 2.45) is 11.3 Å². The Balaban J connectivity index is 2.05. The predicted octanol–water partition coefficient (Wildman–Crippen LogP) is 4.05. The van der Waals surface area contributed by atoms with Gasteiger partial charge in [-0.1, -0.05) is 27.7 Å². The van der Waals surface area contributed by atoms with Crippen molar-refractivity contribution in [3.63, 3.8) is 0 Å². The van der Waals surface area contributed by atoms with Crippen molar-refractivity contribution < 1.29 is 0 Å². The summed E-state index contributed by atoms with van der Waals surface area (Å²) in [4.78, 5) is 2.84. The van der Waals surface area contributed by atoms with Crippen molar-refractivity contribution in [1.29, 1.82) is 0 Å². The molecule has 1 aliphatic heterocycles. The Morgan fingerprint density at radius 2 is 1.95 bits per heavy atom. The van der Waals surface area contributed by atoms with E-state index in [9.17, 15) is 0 Å². The summed E-state index contributed by atoms with van der Waals surface area (Å²) in [6, 6.07) is 2.25. The Labute approximate surface area is 126 Å². The van der Waals surface area contributed by atoms with Gasteiger partial charge in [0.2, 0.25) is 0 Å². The van der Waals surface area contributed by atoms with E-state index in [0.29, 0.717) is 5.41 Å². The Kier molecular flexibility index (Phi) is 5.53. The first kappa shape index (κ1) is 16.3. The highest BCUT2D eigenvalue weighted by molar-refractivity contribution is 4.97. The third-order valence-electron chi connectivity index (χ3n) is 5.63. The zero-order valence-electron chi connectivity index (χ0n) is 14.4. The molecular weight excluding hydrogens is 244 g/mol. The molecule has 1 aliphatic carbocycles. The van der Waals surface area contributed by atoms with Crippen molar-refractivity contribution in [3.8, 4) is 0 Å². The fraction of sp³-hybridized carbons (Fsp3) is 1.00. The minimum Gasteiger partial charge on any atom is -0.312 e. The summed E-state index contributed by atoms with van der Waals surface area (Å²) in [5.74, 6) is 0.917. The smallest absolute Gasteiger partial charge is 0.0257 e. The van der Waals surface area contributed by atoms with Crippen LogP contribution in [-0.2, 0) is 0 Å². The summed E-state index contributed by atoms with van der Waals surface area (Å²) < 4.78 is 0. The number of piperidine rings is 1. The molecule has 1 N–H and O–H groups in total. The summed E-state index contributed by atoms with van der Waals surface area (Å²) >= 11 is 0. The third-order valence-corrected chi connectivity index (χ3v) is 5.63. The standard InChI is InChI=1S/C18H36N2/c1-6-10-19-16-7-9-18(4,5)13-17(16)20-11-8-14(2)12-15(20)3/h14-17,19H,6-13H2,1-5H3. The van der Waals surface area contributed by atoms with Crippen molar-refractivity contribution in [2.45, 2.75) is 91.3 Å². The van der Waals surface area contributed by atoms with E-state index in [4.69, 9.17) is 0 Å². The quantitative estimate of drug-likeness (QED) is 0.835. The minimum atomic E-state index is 0.526. The SMILES string of the molecule is CCCNC1CCC(C)(C)CC1N1CCC(C)CC1C. The number of hydrogen-bond acceptors (Lipinski definition) is 2. The van der Waals surface area contributed by atoms with Crippen LogP contribution in [0.2, 0.25) is 0 Å². The Morgan fingerprint density at radius 1 is 1.20 bits per heavy atom. The molecule has 0 aromatic heterocycles. The molecule has 0 bridgehead atoms. The maximum Gasteiger partial charge on any atom is 0.0257 e. The minimum absolute atomic E-state index is 0.526. The van der Waals surface area contributed by atoms with E-state index in [-0.39, 0.29) is 0 Å². The molecule has 0 spiro atoms. The molecular formula is C18H36N2. The van der Waals surface area contributed by atoms with Crippen LogP contribution in [0.1, 0.15) is 73.1 Å². The van der Waals surface area contributed by atoms with Gasteiger partial charge in [-0.3, -0.25) is 4.90 Å². The largest absolute Gasteiger partial charge is 0.312 e. The van der Waals surface area contributed by atoms with Crippen LogP contribution in [0.3, 0.4) is 0 Å². The van der Waals surface area contributed by atoms with E-state index >= 15 is 0 Å². The molecule has 2 heteroatoms. The number of nitrogens with one attached hydrogen (secondary N) is 1. The van der Waals surface area contributed by atoms with E-state index in [1.54, 1.807) is 0 Å². The fourth-order valence-electron chi connectivity index (χ4n) is 4.38. The molecule has 4 unspecified atom stereocenters. The molecule has 0 aromatic rings. The van der Waals surface area contributed by atoms with Gasteiger partial charge in [-0.05, 0) is 69.9 Å². The van der Waals surface area contributed by atoms with Crippen LogP contribution in [0.5, 0.6) is 0 Å². The van der Waals surface area contributed by atoms with Crippen LogP contribution >= 0.6 is 0 Å². The molecule has 2 fully saturated rings. The zero-order chi connectivity index (χ0) is 14.8. The predicted molar refractivity (Wildman–Crippen MR) is 88.1 cm³/mol. The van der Waals surface area contributed by atoms with Crippen LogP contribution in [-0.4, -0.2) is 36.1 Å². The van der Waals surface area contributed by atoms with Crippen LogP contribution in [0, 0.1) is 11.3 Å². The van der Waals surface area contributed by atoms with Crippen LogP contribution in [0.4, 0.5) is 0 Å². The van der Waals surface area contributed by atoms with Gasteiger partial charge in [0.25, 0.3) is 0 Å². The van der Waals surface area contributed by atoms with Crippen molar-refractivity contribution in [1.82, 2.24) is 10.2 Å². The van der Waals surface area contributed by atoms with Crippen LogP contribution in [0.25, 0.3) is 0 Å². The molecule has 2 nitrogen and oxygen atoms in total. The second kappa shape index (κ2) is 6.79. The van der Waals surface area contributed by atoms with Gasteiger partial charge in [0.1, 0.15) is 0 Å². The second-order valence-corrected chi connectivity index (χ2v) is 8.25. The van der Waals surface area contributed by atoms with Gasteiger partial charge in [-0.25, -0.2) is 0 Å². The average Bonchev–Trinajstić information content (AvgIpc) is 2.37. The van der Waals surface area contributed by atoms with Gasteiger partial charge in [-0.2, -0.15) is 0 Å². The van der Waals surface area contributed by atoms with Crippen molar-refractivity contribution in [2.75, 3.05) is 13.1 Å². The van der Waals surface area contributed by atoms with E-state index < -0.39 is 0 Å². The lowest BCUT2D eigenvalue weighted by Gasteiger charge is -2.50. The molecule has 1 heterocycles. The lowest BCUT2D eigenvalue weighted by Crippen LogP contribution is -2.58. The fourth-order valence-corrected chi connectivity index (χ4v) is 4.38. The zero-order valence-corrected chi connectivity index (χ0v) is 14.4. The lowest BCUT2D eigenvalue weighted by atomic mass is 9.71. The molecule has 0 radical (unpaired) electrons. The Bertz CT molecular complexity index is 300. The van der Waals surface area contributed by atoms with Gasteiger partial charge in [0.15, 0.2) is 0 Å². The van der Waals surface area contributed by atoms with E-state index in [0.717, 1.165) is 24.0 Å². The molecule has 1 saturated heterocycles. The van der Waals surface area contributed by atoms with Gasteiger partial charge in [0.05, 0.1) is 0 Å². The summed E-state index contributed by atoms with van der Waals surface area (Å²) in [6.45, 7) is 14.6. The summed E-state index contributed by atoms with van der Waals surface area (Å²) in [5, 5.41) is 3.85. The van der Waals surface area contributed by atoms with Gasteiger partial charge in [0, 0.05) is 18.1 Å². The average molecular weight is 280 g/mol. The van der Waals surface area contributed by atoms with E-state index in [1.165, 1.54) is 51.6 Å². The number of rotatable bonds is 4. The number of likely N-dealkylation sites (tertiary alicyclic amines) is 1. The van der Waals surface area contributed by atoms with Crippen molar-refractivity contribution in [3.05, 3.63) is 0 Å². The molecule has 2 aliphatic rings. The molecule has 20 heavy (non-hydrogen) atoms. The van der Waals surface area contributed by atoms with Crippen LogP contribution in [0.15, 0.2) is 0 Å². The molecule has 0 amide bonds. The monoisotopic (exact) mass is 280 g/mol. The highest BCUT2D eigenvalue weighted by Crippen LogP contribution is 2.39. The Hall–Kier alpha value is -0.0800. The van der Waals surface area contributed by atoms with E-state index in [2.05, 4.69) is 44.8 Å². The second-order valence-electron chi connectivity index (χ2n) is 8.25. The maximum atomic E-state index is 3.85. The first-order valence-corrected chi connectivity index (χ1v) is 8.92. The van der Waals surface area contributed by atoms with Gasteiger partial charge < -0.3 is 5.32 Å². The Morgan fingerprint density at radius 3 is 2.60 bits per heavy atom. The maximum absolute atomic E-state index is 3.85. The summed E-state index contributed by atoms with van der Waals surface area (Å²) in [5.41, 5.74) is 0.526. The summed E-state index contributed by atoms with van der Waals surface area (Å²) in [7, 11) is 0. The highest BCUT2D eigenvalue weighted by Gasteiger charge is 2.40. The number of nitrogens with zero attached hydrogens (tertiary/aromatic N) is 1. The van der Waals surface area contributed by atoms with Gasteiger partial charge >= 0.3 is 0 Å². The number of hydrogen-bond donors (Lipinski definition) is 1. The van der Waals surface area contributed by atoms with Crippen LogP contribution < -0.4 is 5.32 Å². The summed E-state index contributed by atoms with van der Waals surface area (Å²) in [6.07, 6.45) is 8.13. The molecule has 118 valence electrons.